The fourth-order valence-corrected chi connectivity index (χ4v) is 2.82. The van der Waals surface area contributed by atoms with Gasteiger partial charge in [-0.3, -0.25) is 4.79 Å². The number of aliphatic carboxylic acids is 1. The Kier molecular flexibility index (Phi) is 1.87. The van der Waals surface area contributed by atoms with E-state index in [1.807, 2.05) is 0 Å². The molecule has 5 atom stereocenters. The van der Waals surface area contributed by atoms with Crippen molar-refractivity contribution in [1.82, 2.24) is 0 Å². The Morgan fingerprint density at radius 1 is 1.50 bits per heavy atom. The van der Waals surface area contributed by atoms with E-state index in [1.54, 1.807) is 0 Å². The topological polar surface area (TPSA) is 130 Å². The molecule has 2 fully saturated rings. The van der Waals surface area contributed by atoms with Crippen LogP contribution in [0.15, 0.2) is 0 Å². The molecule has 0 amide bonds. The van der Waals surface area contributed by atoms with Crippen molar-refractivity contribution in [2.24, 2.45) is 29.2 Å². The van der Waals surface area contributed by atoms with Gasteiger partial charge in [0, 0.05) is 17.9 Å². The Bertz CT molecular complexity index is 283. The van der Waals surface area contributed by atoms with Crippen LogP contribution in [0.25, 0.3) is 0 Å². The van der Waals surface area contributed by atoms with Crippen molar-refractivity contribution in [3.05, 3.63) is 0 Å². The molecule has 2 saturated carbocycles. The maximum absolute atomic E-state index is 11.0. The molecular formula is C8H14N2O4. The number of hydrogen-bond donors (Lipinski definition) is 5. The van der Waals surface area contributed by atoms with Crippen LogP contribution in [0.5, 0.6) is 0 Å². The lowest BCUT2D eigenvalue weighted by atomic mass is 9.87. The first kappa shape index (κ1) is 9.85. The van der Waals surface area contributed by atoms with E-state index in [2.05, 4.69) is 0 Å². The average molecular weight is 202 g/mol. The molecule has 0 heterocycles. The van der Waals surface area contributed by atoms with Gasteiger partial charge >= 0.3 is 5.97 Å². The zero-order valence-electron chi connectivity index (χ0n) is 7.50. The fraction of sp³-hybridized carbons (Fsp3) is 0.875. The van der Waals surface area contributed by atoms with Gasteiger partial charge in [0.2, 0.25) is 0 Å². The van der Waals surface area contributed by atoms with Crippen LogP contribution >= 0.6 is 0 Å². The first-order chi connectivity index (χ1) is 6.40. The molecule has 6 heteroatoms. The third-order valence-corrected chi connectivity index (χ3v) is 3.64. The van der Waals surface area contributed by atoms with Gasteiger partial charge < -0.3 is 26.8 Å². The molecule has 2 aliphatic carbocycles. The third-order valence-electron chi connectivity index (χ3n) is 3.64. The summed E-state index contributed by atoms with van der Waals surface area (Å²) in [5.41, 5.74) is 9.85. The Hall–Kier alpha value is -0.690. The Labute approximate surface area is 80.5 Å². The van der Waals surface area contributed by atoms with Crippen LogP contribution in [0.1, 0.15) is 6.42 Å². The molecule has 7 N–H and O–H groups in total. The van der Waals surface area contributed by atoms with Gasteiger partial charge in [-0.1, -0.05) is 0 Å². The third kappa shape index (κ3) is 0.964. The minimum absolute atomic E-state index is 0.0499. The SMILES string of the molecule is NC1CC2C(C(O)O)C2C1(N)C(=O)O. The van der Waals surface area contributed by atoms with E-state index < -0.39 is 35.7 Å². The minimum Gasteiger partial charge on any atom is -0.480 e. The number of carboxylic acid groups (broad SMARTS) is 1. The number of carbonyl (C=O) groups is 1. The Morgan fingerprint density at radius 2 is 2.07 bits per heavy atom. The van der Waals surface area contributed by atoms with Gasteiger partial charge in [-0.05, 0) is 12.3 Å². The van der Waals surface area contributed by atoms with E-state index in [-0.39, 0.29) is 5.92 Å². The number of carboxylic acids is 1. The summed E-state index contributed by atoms with van der Waals surface area (Å²) >= 11 is 0. The molecular weight excluding hydrogens is 188 g/mol. The number of hydrogen-bond acceptors (Lipinski definition) is 5. The maximum Gasteiger partial charge on any atom is 0.325 e. The zero-order valence-corrected chi connectivity index (χ0v) is 7.50. The van der Waals surface area contributed by atoms with Crippen molar-refractivity contribution in [3.63, 3.8) is 0 Å². The number of aliphatic hydroxyl groups excluding tert-OH is 1. The predicted octanol–water partition coefficient (Wildman–Crippen LogP) is -2.33. The summed E-state index contributed by atoms with van der Waals surface area (Å²) in [6, 6.07) is -0.593. The van der Waals surface area contributed by atoms with Crippen molar-refractivity contribution >= 4 is 5.97 Å². The quantitative estimate of drug-likeness (QED) is 0.319. The summed E-state index contributed by atoms with van der Waals surface area (Å²) in [5.74, 6) is -2.02. The second-order valence-corrected chi connectivity index (χ2v) is 4.26. The molecule has 0 bridgehead atoms. The van der Waals surface area contributed by atoms with E-state index in [1.165, 1.54) is 0 Å². The van der Waals surface area contributed by atoms with Crippen LogP contribution in [0.2, 0.25) is 0 Å². The molecule has 0 saturated heterocycles. The summed E-state index contributed by atoms with van der Waals surface area (Å²) in [4.78, 5) is 11.0. The van der Waals surface area contributed by atoms with Crippen molar-refractivity contribution in [3.8, 4) is 0 Å². The summed E-state index contributed by atoms with van der Waals surface area (Å²) in [6.07, 6.45) is -1.03. The van der Waals surface area contributed by atoms with Crippen LogP contribution in [0.4, 0.5) is 0 Å². The second-order valence-electron chi connectivity index (χ2n) is 4.26. The normalized spacial score (nSPS) is 50.6. The molecule has 2 aliphatic rings. The molecule has 0 aromatic heterocycles. The fourth-order valence-electron chi connectivity index (χ4n) is 2.82. The summed E-state index contributed by atoms with van der Waals surface area (Å²) in [7, 11) is 0. The van der Waals surface area contributed by atoms with Crippen LogP contribution < -0.4 is 11.5 Å². The minimum atomic E-state index is -1.49. The maximum atomic E-state index is 11.0. The monoisotopic (exact) mass is 202 g/mol. The zero-order chi connectivity index (χ0) is 10.7. The number of aliphatic hydroxyl groups is 2. The Balaban J connectivity index is 2.22. The molecule has 0 spiro atoms. The number of rotatable bonds is 2. The molecule has 80 valence electrons. The molecule has 5 unspecified atom stereocenters. The largest absolute Gasteiger partial charge is 0.480 e. The summed E-state index contributed by atoms with van der Waals surface area (Å²) < 4.78 is 0. The first-order valence-electron chi connectivity index (χ1n) is 4.54. The number of nitrogens with two attached hydrogens (primary N) is 2. The summed E-state index contributed by atoms with van der Waals surface area (Å²) in [5, 5.41) is 26.9. The standard InChI is InChI=1S/C8H14N2O4/c9-3-1-2-4(6(11)12)5(2)8(3,10)7(13)14/h2-6,11-12H,1,9-10H2,(H,13,14). The molecule has 2 rings (SSSR count). The molecule has 0 aliphatic heterocycles. The summed E-state index contributed by atoms with van der Waals surface area (Å²) in [6.45, 7) is 0. The van der Waals surface area contributed by atoms with Crippen LogP contribution in [0.3, 0.4) is 0 Å². The lowest BCUT2D eigenvalue weighted by Gasteiger charge is -2.28. The van der Waals surface area contributed by atoms with Gasteiger partial charge in [-0.2, -0.15) is 0 Å². The van der Waals surface area contributed by atoms with Crippen LogP contribution in [0, 0.1) is 17.8 Å². The van der Waals surface area contributed by atoms with E-state index in [9.17, 15) is 4.79 Å². The van der Waals surface area contributed by atoms with Gasteiger partial charge in [0.15, 0.2) is 6.29 Å². The van der Waals surface area contributed by atoms with Gasteiger partial charge in [-0.25, -0.2) is 0 Å². The van der Waals surface area contributed by atoms with Gasteiger partial charge in [0.05, 0.1) is 0 Å². The van der Waals surface area contributed by atoms with Gasteiger partial charge in [0.25, 0.3) is 0 Å². The van der Waals surface area contributed by atoms with Gasteiger partial charge in [-0.15, -0.1) is 0 Å². The predicted molar refractivity (Wildman–Crippen MR) is 45.8 cm³/mol. The van der Waals surface area contributed by atoms with E-state index in [0.717, 1.165) is 0 Å². The van der Waals surface area contributed by atoms with E-state index >= 15 is 0 Å². The van der Waals surface area contributed by atoms with Crippen molar-refractivity contribution in [2.45, 2.75) is 24.3 Å². The van der Waals surface area contributed by atoms with Crippen LogP contribution in [-0.2, 0) is 4.79 Å². The number of fused-ring (bicyclic) bond motifs is 1. The lowest BCUT2D eigenvalue weighted by Crippen LogP contribution is -2.61. The highest BCUT2D eigenvalue weighted by molar-refractivity contribution is 5.82. The molecule has 0 aromatic rings. The highest BCUT2D eigenvalue weighted by atomic mass is 16.5. The van der Waals surface area contributed by atoms with Crippen molar-refractivity contribution in [2.75, 3.05) is 0 Å². The average Bonchev–Trinajstić information content (AvgIpc) is 2.70. The Morgan fingerprint density at radius 3 is 2.50 bits per heavy atom. The second kappa shape index (κ2) is 2.66. The van der Waals surface area contributed by atoms with Crippen molar-refractivity contribution in [1.29, 1.82) is 0 Å². The van der Waals surface area contributed by atoms with Crippen molar-refractivity contribution < 1.29 is 20.1 Å². The first-order valence-corrected chi connectivity index (χ1v) is 4.54. The smallest absolute Gasteiger partial charge is 0.325 e. The van der Waals surface area contributed by atoms with Crippen LogP contribution in [-0.4, -0.2) is 39.2 Å². The van der Waals surface area contributed by atoms with E-state index in [4.69, 9.17) is 26.8 Å². The molecule has 0 radical (unpaired) electrons. The highest BCUT2D eigenvalue weighted by Crippen LogP contribution is 2.61. The molecule has 14 heavy (non-hydrogen) atoms. The highest BCUT2D eigenvalue weighted by Gasteiger charge is 2.72. The van der Waals surface area contributed by atoms with E-state index in [0.29, 0.717) is 6.42 Å². The molecule has 0 aromatic carbocycles. The molecule has 6 nitrogen and oxygen atoms in total. The lowest BCUT2D eigenvalue weighted by molar-refractivity contribution is -0.145. The van der Waals surface area contributed by atoms with Gasteiger partial charge in [0.1, 0.15) is 5.54 Å².